The molecule has 3 heterocycles. The van der Waals surface area contributed by atoms with Gasteiger partial charge in [0.15, 0.2) is 0 Å². The molecule has 1 atom stereocenters. The van der Waals surface area contributed by atoms with Crippen molar-refractivity contribution in [3.05, 3.63) is 66.4 Å². The molecule has 2 N–H and O–H groups in total. The lowest BCUT2D eigenvalue weighted by Crippen LogP contribution is -2.28. The number of ether oxygens (including phenoxy) is 1. The van der Waals surface area contributed by atoms with Gasteiger partial charge in [-0.2, -0.15) is 0 Å². The Hall–Kier alpha value is -3.48. The van der Waals surface area contributed by atoms with Gasteiger partial charge in [-0.15, -0.1) is 0 Å². The number of aromatic nitrogens is 3. The van der Waals surface area contributed by atoms with Crippen molar-refractivity contribution in [2.45, 2.75) is 12.3 Å². The highest BCUT2D eigenvalue weighted by molar-refractivity contribution is 5.94. The lowest BCUT2D eigenvalue weighted by Gasteiger charge is -2.18. The Bertz CT molecular complexity index is 1010. The molecule has 7 nitrogen and oxygen atoms in total. The van der Waals surface area contributed by atoms with Gasteiger partial charge in [0, 0.05) is 42.5 Å². The molecule has 0 radical (unpaired) electrons. The monoisotopic (exact) mass is 375 g/mol. The number of methoxy groups -OCH3 is 1. The van der Waals surface area contributed by atoms with E-state index < -0.39 is 0 Å². The second-order valence-corrected chi connectivity index (χ2v) is 6.76. The van der Waals surface area contributed by atoms with Crippen LogP contribution in [0.4, 0.5) is 5.82 Å². The molecule has 4 rings (SSSR count). The normalized spacial score (nSPS) is 16.2. The number of pyridine rings is 1. The van der Waals surface area contributed by atoms with Gasteiger partial charge in [0.2, 0.25) is 0 Å². The summed E-state index contributed by atoms with van der Waals surface area (Å²) in [5.74, 6) is 1.27. The first-order valence-electron chi connectivity index (χ1n) is 9.11. The molecule has 0 unspecified atom stereocenters. The number of amides is 1. The molecule has 2 aromatic heterocycles. The van der Waals surface area contributed by atoms with Crippen molar-refractivity contribution in [2.24, 2.45) is 0 Å². The summed E-state index contributed by atoms with van der Waals surface area (Å²) >= 11 is 0. The molecular formula is C21H21N5O2. The third-order valence-corrected chi connectivity index (χ3v) is 5.01. The van der Waals surface area contributed by atoms with Gasteiger partial charge in [-0.1, -0.05) is 6.07 Å². The van der Waals surface area contributed by atoms with Gasteiger partial charge in [-0.25, -0.2) is 15.0 Å². The fraction of sp³-hybridized carbons (Fsp3) is 0.238. The summed E-state index contributed by atoms with van der Waals surface area (Å²) in [5.41, 5.74) is 9.25. The summed E-state index contributed by atoms with van der Waals surface area (Å²) in [7, 11) is 1.60. The van der Waals surface area contributed by atoms with Gasteiger partial charge in [-0.05, 0) is 42.3 Å². The van der Waals surface area contributed by atoms with Gasteiger partial charge >= 0.3 is 0 Å². The second kappa shape index (κ2) is 7.64. The van der Waals surface area contributed by atoms with Gasteiger partial charge in [-0.3, -0.25) is 4.79 Å². The number of benzene rings is 1. The largest absolute Gasteiger partial charge is 0.497 e. The van der Waals surface area contributed by atoms with E-state index in [1.54, 1.807) is 31.9 Å². The second-order valence-electron chi connectivity index (χ2n) is 6.76. The Balaban J connectivity index is 1.57. The van der Waals surface area contributed by atoms with Crippen LogP contribution in [-0.2, 0) is 0 Å². The minimum atomic E-state index is 0.00478. The Morgan fingerprint density at radius 3 is 2.96 bits per heavy atom. The predicted molar refractivity (Wildman–Crippen MR) is 106 cm³/mol. The van der Waals surface area contributed by atoms with Crippen molar-refractivity contribution in [1.29, 1.82) is 0 Å². The van der Waals surface area contributed by atoms with Gasteiger partial charge in [0.05, 0.1) is 12.8 Å². The van der Waals surface area contributed by atoms with Crippen molar-refractivity contribution >= 4 is 11.7 Å². The highest BCUT2D eigenvalue weighted by atomic mass is 16.5. The molecule has 0 spiro atoms. The number of rotatable bonds is 4. The summed E-state index contributed by atoms with van der Waals surface area (Å²) in [6, 6.07) is 11.0. The predicted octanol–water partition coefficient (Wildman–Crippen LogP) is 2.76. The van der Waals surface area contributed by atoms with Crippen molar-refractivity contribution in [3.8, 4) is 16.9 Å². The number of carbonyl (C=O) groups excluding carboxylic acids is 1. The maximum absolute atomic E-state index is 12.9. The highest BCUT2D eigenvalue weighted by Gasteiger charge is 2.30. The highest BCUT2D eigenvalue weighted by Crippen LogP contribution is 2.33. The molecule has 1 saturated heterocycles. The number of nitrogens with zero attached hydrogens (tertiary/aromatic N) is 4. The maximum atomic E-state index is 12.9. The van der Waals surface area contributed by atoms with E-state index in [1.807, 2.05) is 35.2 Å². The molecule has 142 valence electrons. The van der Waals surface area contributed by atoms with Gasteiger partial charge in [0.1, 0.15) is 17.9 Å². The van der Waals surface area contributed by atoms with Crippen LogP contribution < -0.4 is 10.5 Å². The molecule has 7 heteroatoms. The number of likely N-dealkylation sites (tertiary alicyclic amines) is 1. The summed E-state index contributed by atoms with van der Waals surface area (Å²) in [5, 5.41) is 0. The summed E-state index contributed by atoms with van der Waals surface area (Å²) in [4.78, 5) is 27.5. The van der Waals surface area contributed by atoms with E-state index in [0.717, 1.165) is 23.2 Å². The van der Waals surface area contributed by atoms with Crippen LogP contribution in [0, 0.1) is 0 Å². The molecule has 1 fully saturated rings. The molecule has 1 aromatic carbocycles. The summed E-state index contributed by atoms with van der Waals surface area (Å²) in [6.45, 7) is 1.29. The molecule has 1 amide bonds. The molecule has 0 bridgehead atoms. The third kappa shape index (κ3) is 3.51. The standard InChI is InChI=1S/C21H21N5O2/c1-28-17-4-2-3-15(9-17)21(27)26-8-6-16(12-26)20-18(11-23-13-25-20)14-5-7-24-19(22)10-14/h2-5,7,9-11,13,16H,6,8,12H2,1H3,(H2,22,24)/t16-/m1/s1. The third-order valence-electron chi connectivity index (χ3n) is 5.01. The number of nitrogen functional groups attached to an aromatic ring is 1. The van der Waals surface area contributed by atoms with E-state index in [9.17, 15) is 4.79 Å². The molecule has 28 heavy (non-hydrogen) atoms. The molecule has 0 aliphatic carbocycles. The molecular weight excluding hydrogens is 354 g/mol. The topological polar surface area (TPSA) is 94.2 Å². The Kier molecular flexibility index (Phi) is 4.89. The first kappa shape index (κ1) is 17.9. The molecule has 1 aliphatic rings. The fourth-order valence-corrected chi connectivity index (χ4v) is 3.61. The minimum absolute atomic E-state index is 0.00478. The number of anilines is 1. The average Bonchev–Trinajstić information content (AvgIpc) is 3.23. The first-order valence-corrected chi connectivity index (χ1v) is 9.11. The summed E-state index contributed by atoms with van der Waals surface area (Å²) in [6.07, 6.45) is 5.87. The van der Waals surface area contributed by atoms with E-state index >= 15 is 0 Å². The molecule has 0 saturated carbocycles. The Labute approximate surface area is 163 Å². The minimum Gasteiger partial charge on any atom is -0.497 e. The zero-order chi connectivity index (χ0) is 19.5. The average molecular weight is 375 g/mol. The van der Waals surface area contributed by atoms with Crippen molar-refractivity contribution in [1.82, 2.24) is 19.9 Å². The smallest absolute Gasteiger partial charge is 0.254 e. The number of hydrogen-bond acceptors (Lipinski definition) is 6. The van der Waals surface area contributed by atoms with Crippen molar-refractivity contribution in [2.75, 3.05) is 25.9 Å². The van der Waals surface area contributed by atoms with Gasteiger partial charge in [0.25, 0.3) is 5.91 Å². The maximum Gasteiger partial charge on any atom is 0.254 e. The van der Waals surface area contributed by atoms with E-state index in [4.69, 9.17) is 10.5 Å². The van der Waals surface area contributed by atoms with Crippen LogP contribution in [0.25, 0.3) is 11.1 Å². The van der Waals surface area contributed by atoms with E-state index in [-0.39, 0.29) is 11.8 Å². The first-order chi connectivity index (χ1) is 13.7. The van der Waals surface area contributed by atoms with Crippen LogP contribution in [0.3, 0.4) is 0 Å². The van der Waals surface area contributed by atoms with Gasteiger partial charge < -0.3 is 15.4 Å². The zero-order valence-electron chi connectivity index (χ0n) is 15.6. The van der Waals surface area contributed by atoms with Crippen LogP contribution in [0.15, 0.2) is 55.1 Å². The quantitative estimate of drug-likeness (QED) is 0.753. The van der Waals surface area contributed by atoms with E-state index in [1.165, 1.54) is 0 Å². The van der Waals surface area contributed by atoms with Crippen LogP contribution in [0.1, 0.15) is 28.4 Å². The van der Waals surface area contributed by atoms with Crippen LogP contribution in [0.5, 0.6) is 5.75 Å². The fourth-order valence-electron chi connectivity index (χ4n) is 3.61. The van der Waals surface area contributed by atoms with E-state index in [2.05, 4.69) is 15.0 Å². The lowest BCUT2D eigenvalue weighted by atomic mass is 9.96. The molecule has 3 aromatic rings. The zero-order valence-corrected chi connectivity index (χ0v) is 15.6. The Morgan fingerprint density at radius 1 is 1.25 bits per heavy atom. The van der Waals surface area contributed by atoms with Crippen molar-refractivity contribution < 1.29 is 9.53 Å². The van der Waals surface area contributed by atoms with Crippen LogP contribution >= 0.6 is 0 Å². The molecule has 1 aliphatic heterocycles. The SMILES string of the molecule is COc1cccc(C(=O)N2CC[C@@H](c3ncncc3-c3ccnc(N)c3)C2)c1. The van der Waals surface area contributed by atoms with Crippen molar-refractivity contribution in [3.63, 3.8) is 0 Å². The van der Waals surface area contributed by atoms with E-state index in [0.29, 0.717) is 30.2 Å². The number of hydrogen-bond donors (Lipinski definition) is 1. The number of nitrogens with two attached hydrogens (primary N) is 1. The summed E-state index contributed by atoms with van der Waals surface area (Å²) < 4.78 is 5.23. The van der Waals surface area contributed by atoms with Crippen LogP contribution in [-0.4, -0.2) is 46.0 Å². The number of carbonyl (C=O) groups is 1. The lowest BCUT2D eigenvalue weighted by molar-refractivity contribution is 0.0790. The van der Waals surface area contributed by atoms with Crippen LogP contribution in [0.2, 0.25) is 0 Å². The Morgan fingerprint density at radius 2 is 2.14 bits per heavy atom.